The summed E-state index contributed by atoms with van der Waals surface area (Å²) in [5.74, 6) is -1.95. The molecule has 0 radical (unpaired) electrons. The van der Waals surface area contributed by atoms with Crippen LogP contribution in [0.15, 0.2) is 11.6 Å². The maximum absolute atomic E-state index is 12.5. The number of rotatable bonds is 0. The Morgan fingerprint density at radius 2 is 1.62 bits per heavy atom. The van der Waals surface area contributed by atoms with Crippen molar-refractivity contribution >= 4 is 17.5 Å². The zero-order chi connectivity index (χ0) is 18.7. The Labute approximate surface area is 144 Å². The minimum atomic E-state index is -1.45. The van der Waals surface area contributed by atoms with Gasteiger partial charge in [0.25, 0.3) is 0 Å². The fourth-order valence-electron chi connectivity index (χ4n) is 3.38. The van der Waals surface area contributed by atoms with Crippen LogP contribution in [0.2, 0.25) is 0 Å². The van der Waals surface area contributed by atoms with Gasteiger partial charge in [-0.2, -0.15) is 0 Å². The summed E-state index contributed by atoms with van der Waals surface area (Å²) in [6.45, 7) is 10.1. The van der Waals surface area contributed by atoms with Gasteiger partial charge < -0.3 is 9.84 Å². The summed E-state index contributed by atoms with van der Waals surface area (Å²) in [5, 5.41) is 10.3. The van der Waals surface area contributed by atoms with Crippen molar-refractivity contribution in [2.24, 2.45) is 23.7 Å². The van der Waals surface area contributed by atoms with Crippen LogP contribution in [0.1, 0.15) is 54.4 Å². The molecular weight excluding hydrogens is 308 g/mol. The molecule has 0 spiro atoms. The molecule has 1 aliphatic rings. The smallest absolute Gasteiger partial charge is 0.316 e. The number of Topliss-reactive ketones (excluding diaryl/α,β-unsaturated/α-hetero) is 2. The number of cyclic esters (lactones) is 1. The Balaban J connectivity index is 3.12. The van der Waals surface area contributed by atoms with Crippen molar-refractivity contribution in [3.05, 3.63) is 11.6 Å². The van der Waals surface area contributed by atoms with Crippen LogP contribution in [-0.2, 0) is 19.1 Å². The van der Waals surface area contributed by atoms with E-state index in [0.717, 1.165) is 0 Å². The Morgan fingerprint density at radius 3 is 2.21 bits per heavy atom. The van der Waals surface area contributed by atoms with Crippen LogP contribution in [0, 0.1) is 23.7 Å². The molecule has 0 aromatic carbocycles. The predicted octanol–water partition coefficient (Wildman–Crippen LogP) is 2.70. The van der Waals surface area contributed by atoms with Gasteiger partial charge >= 0.3 is 5.97 Å². The molecule has 0 saturated heterocycles. The zero-order valence-corrected chi connectivity index (χ0v) is 15.6. The van der Waals surface area contributed by atoms with Gasteiger partial charge in [0, 0.05) is 11.8 Å². The van der Waals surface area contributed by atoms with Crippen molar-refractivity contribution in [2.45, 2.75) is 60.0 Å². The summed E-state index contributed by atoms with van der Waals surface area (Å²) in [6.07, 6.45) is 2.74. The Hall–Kier alpha value is -1.49. The quantitative estimate of drug-likeness (QED) is 0.542. The van der Waals surface area contributed by atoms with E-state index in [-0.39, 0.29) is 35.9 Å². The lowest BCUT2D eigenvalue weighted by Crippen LogP contribution is -2.35. The molecular formula is C19H30O5. The third-order valence-corrected chi connectivity index (χ3v) is 4.65. The molecule has 5 heteroatoms. The molecule has 1 unspecified atom stereocenters. The SMILES string of the molecule is C/C1=C\[C@](C)(O)COC(=O)C(C)C(=O)[C@H](C)C[C@@H](C)C[C@@H](C)C1=O. The average Bonchev–Trinajstić information content (AvgIpc) is 2.48. The molecule has 5 atom stereocenters. The van der Waals surface area contributed by atoms with Crippen LogP contribution in [-0.4, -0.2) is 34.9 Å². The molecule has 0 aromatic heterocycles. The van der Waals surface area contributed by atoms with Crippen LogP contribution in [0.4, 0.5) is 0 Å². The second kappa shape index (κ2) is 8.06. The highest BCUT2D eigenvalue weighted by Crippen LogP contribution is 2.25. The van der Waals surface area contributed by atoms with Crippen molar-refractivity contribution in [3.8, 4) is 0 Å². The Bertz CT molecular complexity index is 532. The summed E-state index contributed by atoms with van der Waals surface area (Å²) < 4.78 is 5.10. The van der Waals surface area contributed by atoms with Gasteiger partial charge in [-0.3, -0.25) is 14.4 Å². The number of esters is 1. The molecule has 0 fully saturated rings. The summed E-state index contributed by atoms with van der Waals surface area (Å²) in [5.41, 5.74) is -0.982. The van der Waals surface area contributed by atoms with Gasteiger partial charge in [0.1, 0.15) is 23.9 Å². The molecule has 5 nitrogen and oxygen atoms in total. The maximum Gasteiger partial charge on any atom is 0.316 e. The number of carbonyl (C=O) groups excluding carboxylic acids is 3. The molecule has 0 amide bonds. The Morgan fingerprint density at radius 1 is 1.08 bits per heavy atom. The maximum atomic E-state index is 12.5. The first-order valence-corrected chi connectivity index (χ1v) is 8.61. The molecule has 1 heterocycles. The van der Waals surface area contributed by atoms with Crippen LogP contribution >= 0.6 is 0 Å². The summed E-state index contributed by atoms with van der Waals surface area (Å²) in [7, 11) is 0. The number of ether oxygens (including phenoxy) is 1. The molecule has 0 saturated carbocycles. The lowest BCUT2D eigenvalue weighted by molar-refractivity contribution is -0.156. The lowest BCUT2D eigenvalue weighted by Gasteiger charge is -2.25. The Kier molecular flexibility index (Phi) is 6.90. The molecule has 1 rings (SSSR count). The minimum absolute atomic E-state index is 0.0298. The molecule has 24 heavy (non-hydrogen) atoms. The van der Waals surface area contributed by atoms with Crippen molar-refractivity contribution in [2.75, 3.05) is 6.61 Å². The van der Waals surface area contributed by atoms with Crippen molar-refractivity contribution in [1.29, 1.82) is 0 Å². The van der Waals surface area contributed by atoms with Crippen molar-refractivity contribution < 1.29 is 24.2 Å². The van der Waals surface area contributed by atoms with Crippen molar-refractivity contribution in [1.82, 2.24) is 0 Å². The van der Waals surface area contributed by atoms with Gasteiger partial charge in [0.05, 0.1) is 0 Å². The number of allylic oxidation sites excluding steroid dienone is 1. The average molecular weight is 338 g/mol. The summed E-state index contributed by atoms with van der Waals surface area (Å²) >= 11 is 0. The standard InChI is InChI=1S/C19H30O5/c1-11-7-12(2)16(20)14(4)9-19(6,23)10-24-18(22)15(5)17(21)13(3)8-11/h9,11-13,15,23H,7-8,10H2,1-6H3/b14-9+/t11-,12+,13+,15?,19-/m0/s1. The van der Waals surface area contributed by atoms with E-state index in [1.165, 1.54) is 13.0 Å². The highest BCUT2D eigenvalue weighted by molar-refractivity contribution is 5.99. The predicted molar refractivity (Wildman–Crippen MR) is 91.2 cm³/mol. The molecule has 1 N–H and O–H groups in total. The number of hydrogen-bond acceptors (Lipinski definition) is 5. The van der Waals surface area contributed by atoms with Gasteiger partial charge in [-0.1, -0.05) is 20.8 Å². The molecule has 0 aromatic rings. The van der Waals surface area contributed by atoms with Crippen LogP contribution in [0.25, 0.3) is 0 Å². The second-order valence-corrected chi connectivity index (χ2v) is 7.66. The second-order valence-electron chi connectivity index (χ2n) is 7.66. The van der Waals surface area contributed by atoms with Gasteiger partial charge in [0.15, 0.2) is 5.78 Å². The van der Waals surface area contributed by atoms with E-state index in [1.807, 2.05) is 20.8 Å². The largest absolute Gasteiger partial charge is 0.462 e. The van der Waals surface area contributed by atoms with Gasteiger partial charge in [0.2, 0.25) is 0 Å². The van der Waals surface area contributed by atoms with E-state index in [2.05, 4.69) is 0 Å². The van der Waals surface area contributed by atoms with Crippen LogP contribution in [0.5, 0.6) is 0 Å². The zero-order valence-electron chi connectivity index (χ0n) is 15.6. The summed E-state index contributed by atoms with van der Waals surface area (Å²) in [6, 6.07) is 0. The van der Waals surface area contributed by atoms with Crippen LogP contribution in [0.3, 0.4) is 0 Å². The first kappa shape index (κ1) is 20.6. The number of hydrogen-bond donors (Lipinski definition) is 1. The van der Waals surface area contributed by atoms with E-state index in [9.17, 15) is 19.5 Å². The highest BCUT2D eigenvalue weighted by atomic mass is 16.5. The number of carbonyl (C=O) groups is 3. The lowest BCUT2D eigenvalue weighted by atomic mass is 9.82. The monoisotopic (exact) mass is 338 g/mol. The van der Waals surface area contributed by atoms with Crippen molar-refractivity contribution in [3.63, 3.8) is 0 Å². The highest BCUT2D eigenvalue weighted by Gasteiger charge is 2.31. The van der Waals surface area contributed by atoms with E-state index in [0.29, 0.717) is 18.4 Å². The van der Waals surface area contributed by atoms with E-state index >= 15 is 0 Å². The van der Waals surface area contributed by atoms with Gasteiger partial charge in [-0.25, -0.2) is 0 Å². The van der Waals surface area contributed by atoms with Gasteiger partial charge in [-0.15, -0.1) is 0 Å². The third kappa shape index (κ3) is 5.55. The molecule has 0 bridgehead atoms. The fourth-order valence-corrected chi connectivity index (χ4v) is 3.38. The normalized spacial score (nSPS) is 39.6. The van der Waals surface area contributed by atoms with E-state index < -0.39 is 17.5 Å². The summed E-state index contributed by atoms with van der Waals surface area (Å²) in [4.78, 5) is 36.9. The first-order valence-electron chi connectivity index (χ1n) is 8.61. The molecule has 0 aliphatic carbocycles. The van der Waals surface area contributed by atoms with Crippen LogP contribution < -0.4 is 0 Å². The number of aliphatic hydroxyl groups is 1. The van der Waals surface area contributed by atoms with E-state index in [4.69, 9.17) is 4.74 Å². The van der Waals surface area contributed by atoms with Gasteiger partial charge in [-0.05, 0) is 51.2 Å². The fraction of sp³-hybridized carbons (Fsp3) is 0.737. The first-order chi connectivity index (χ1) is 10.9. The number of ketones is 2. The van der Waals surface area contributed by atoms with E-state index in [1.54, 1.807) is 13.8 Å². The third-order valence-electron chi connectivity index (χ3n) is 4.65. The minimum Gasteiger partial charge on any atom is -0.462 e. The topological polar surface area (TPSA) is 80.7 Å². The molecule has 1 aliphatic heterocycles. The molecule has 136 valence electrons.